The van der Waals surface area contributed by atoms with E-state index in [-0.39, 0.29) is 28.8 Å². The number of rotatable bonds is 5. The van der Waals surface area contributed by atoms with Gasteiger partial charge in [-0.3, -0.25) is 4.79 Å². The first-order valence-corrected chi connectivity index (χ1v) is 7.88. The van der Waals surface area contributed by atoms with Crippen molar-refractivity contribution >= 4 is 11.6 Å². The Hall–Kier alpha value is -2.60. The number of carbonyl (C=O) groups is 1. The second kappa shape index (κ2) is 7.33. The number of ether oxygens (including phenoxy) is 1. The molecule has 0 aliphatic carbocycles. The molecule has 9 heteroatoms. The van der Waals surface area contributed by atoms with Crippen LogP contribution >= 0.6 is 0 Å². The van der Waals surface area contributed by atoms with Crippen LogP contribution < -0.4 is 4.74 Å². The monoisotopic (exact) mass is 369 g/mol. The van der Waals surface area contributed by atoms with Gasteiger partial charge in [-0.25, -0.2) is 0 Å². The van der Waals surface area contributed by atoms with Gasteiger partial charge < -0.3 is 9.84 Å². The molecule has 2 rings (SSSR count). The van der Waals surface area contributed by atoms with E-state index < -0.39 is 30.8 Å². The van der Waals surface area contributed by atoms with Crippen molar-refractivity contribution < 1.29 is 27.8 Å². The number of amides is 1. The molecule has 140 valence electrons. The molecule has 0 spiro atoms. The summed E-state index contributed by atoms with van der Waals surface area (Å²) in [6.45, 7) is 2.87. The summed E-state index contributed by atoms with van der Waals surface area (Å²) in [5, 5.41) is 22.5. The summed E-state index contributed by atoms with van der Waals surface area (Å²) < 4.78 is 45.1. The first kappa shape index (κ1) is 19.7. The van der Waals surface area contributed by atoms with E-state index in [2.05, 4.69) is 5.10 Å². The van der Waals surface area contributed by atoms with E-state index in [0.29, 0.717) is 5.56 Å². The topological polar surface area (TPSA) is 85.9 Å². The zero-order chi connectivity index (χ0) is 19.5. The lowest BCUT2D eigenvalue weighted by Crippen LogP contribution is -2.57. The lowest BCUT2D eigenvalue weighted by Gasteiger charge is -2.32. The predicted octanol–water partition coefficient (Wildman–Crippen LogP) is 2.82. The highest BCUT2D eigenvalue weighted by atomic mass is 19.4. The van der Waals surface area contributed by atoms with Crippen LogP contribution in [0.5, 0.6) is 5.75 Å². The number of aliphatic hydroxyl groups is 1. The Labute approximate surface area is 148 Å². The first-order chi connectivity index (χ1) is 12.1. The van der Waals surface area contributed by atoms with Gasteiger partial charge in [-0.2, -0.15) is 28.5 Å². The van der Waals surface area contributed by atoms with Crippen LogP contribution in [0.3, 0.4) is 0 Å². The van der Waals surface area contributed by atoms with E-state index >= 15 is 0 Å². The fraction of sp³-hybridized carbons (Fsp3) is 0.471. The second-order valence-corrected chi connectivity index (χ2v) is 6.39. The van der Waals surface area contributed by atoms with Gasteiger partial charge in [-0.05, 0) is 36.6 Å². The normalized spacial score (nSPS) is 20.1. The maximum atomic E-state index is 13.3. The fourth-order valence-electron chi connectivity index (χ4n) is 2.52. The van der Waals surface area contributed by atoms with Crippen LogP contribution in [0.25, 0.3) is 0 Å². The van der Waals surface area contributed by atoms with Gasteiger partial charge in [0.05, 0.1) is 11.6 Å². The van der Waals surface area contributed by atoms with Crippen molar-refractivity contribution in [3.05, 3.63) is 29.8 Å². The minimum Gasteiger partial charge on any atom is -0.484 e. The van der Waals surface area contributed by atoms with Gasteiger partial charge in [-0.1, -0.05) is 13.8 Å². The summed E-state index contributed by atoms with van der Waals surface area (Å²) in [7, 11) is 0. The Kier molecular flexibility index (Phi) is 5.56. The van der Waals surface area contributed by atoms with Crippen LogP contribution in [0.4, 0.5) is 13.2 Å². The van der Waals surface area contributed by atoms with Gasteiger partial charge in [0.25, 0.3) is 11.6 Å². The molecule has 0 saturated heterocycles. The fourth-order valence-corrected chi connectivity index (χ4v) is 2.52. The van der Waals surface area contributed by atoms with Crippen molar-refractivity contribution in [3.63, 3.8) is 0 Å². The summed E-state index contributed by atoms with van der Waals surface area (Å²) >= 11 is 0. The summed E-state index contributed by atoms with van der Waals surface area (Å²) in [6.07, 6.45) is -5.60. The van der Waals surface area contributed by atoms with E-state index in [1.54, 1.807) is 13.8 Å². The number of hydrazone groups is 1. The summed E-state index contributed by atoms with van der Waals surface area (Å²) in [5.41, 5.74) is -2.90. The van der Waals surface area contributed by atoms with Gasteiger partial charge in [0.2, 0.25) is 0 Å². The van der Waals surface area contributed by atoms with Crippen LogP contribution in [-0.2, 0) is 4.79 Å². The van der Waals surface area contributed by atoms with Crippen molar-refractivity contribution in [2.45, 2.75) is 38.6 Å². The number of carbonyl (C=O) groups excluding carboxylic acids is 1. The van der Waals surface area contributed by atoms with Crippen molar-refractivity contribution in [2.24, 2.45) is 11.0 Å². The summed E-state index contributed by atoms with van der Waals surface area (Å²) in [4.78, 5) is 12.2. The maximum absolute atomic E-state index is 13.3. The molecule has 1 N–H and O–H groups in total. The van der Waals surface area contributed by atoms with E-state index in [4.69, 9.17) is 10.00 Å². The molecule has 1 aliphatic rings. The molecule has 1 aromatic carbocycles. The van der Waals surface area contributed by atoms with Crippen molar-refractivity contribution in [3.8, 4) is 11.8 Å². The molecule has 0 fully saturated rings. The smallest absolute Gasteiger partial charge is 0.438 e. The van der Waals surface area contributed by atoms with E-state index in [1.165, 1.54) is 24.3 Å². The molecule has 0 bridgehead atoms. The molecule has 1 aromatic rings. The lowest BCUT2D eigenvalue weighted by molar-refractivity contribution is -0.302. The van der Waals surface area contributed by atoms with Gasteiger partial charge >= 0.3 is 6.18 Å². The molecule has 26 heavy (non-hydrogen) atoms. The van der Waals surface area contributed by atoms with Crippen LogP contribution in [0, 0.1) is 17.2 Å². The third-order valence-electron chi connectivity index (χ3n) is 3.72. The number of hydrogen-bond donors (Lipinski definition) is 1. The van der Waals surface area contributed by atoms with E-state index in [1.807, 2.05) is 6.07 Å². The molecule has 6 nitrogen and oxygen atoms in total. The third kappa shape index (κ3) is 4.14. The number of alkyl halides is 3. The Bertz CT molecular complexity index is 738. The average molecular weight is 369 g/mol. The highest BCUT2D eigenvalue weighted by Crippen LogP contribution is 2.41. The molecular weight excluding hydrogens is 351 g/mol. The highest BCUT2D eigenvalue weighted by Gasteiger charge is 2.63. The van der Waals surface area contributed by atoms with E-state index in [9.17, 15) is 23.1 Å². The quantitative estimate of drug-likeness (QED) is 0.865. The minimum absolute atomic E-state index is 0.0242. The second-order valence-electron chi connectivity index (χ2n) is 6.39. The largest absolute Gasteiger partial charge is 0.484 e. The predicted molar refractivity (Wildman–Crippen MR) is 86.0 cm³/mol. The zero-order valence-corrected chi connectivity index (χ0v) is 14.2. The van der Waals surface area contributed by atoms with Crippen molar-refractivity contribution in [1.82, 2.24) is 5.01 Å². The maximum Gasteiger partial charge on any atom is 0.438 e. The molecule has 1 heterocycles. The number of benzene rings is 1. The van der Waals surface area contributed by atoms with Crippen LogP contribution in [-0.4, -0.2) is 40.2 Å². The molecule has 1 atom stereocenters. The molecular formula is C17H18F3N3O3. The van der Waals surface area contributed by atoms with E-state index in [0.717, 1.165) is 0 Å². The van der Waals surface area contributed by atoms with Gasteiger partial charge in [-0.15, -0.1) is 0 Å². The van der Waals surface area contributed by atoms with Crippen LogP contribution in [0.15, 0.2) is 29.4 Å². The number of nitriles is 1. The SMILES string of the molecule is CC(C)CC1=NN(C(=O)COc2ccc(C#N)cc2)C(O)(C(F)(F)F)C1. The van der Waals surface area contributed by atoms with Gasteiger partial charge in [0.15, 0.2) is 6.61 Å². The Morgan fingerprint density at radius 1 is 1.42 bits per heavy atom. The summed E-state index contributed by atoms with van der Waals surface area (Å²) in [5.74, 6) is -0.886. The molecule has 0 saturated carbocycles. The van der Waals surface area contributed by atoms with Crippen molar-refractivity contribution in [2.75, 3.05) is 6.61 Å². The van der Waals surface area contributed by atoms with Gasteiger partial charge in [0.1, 0.15) is 5.75 Å². The van der Waals surface area contributed by atoms with Crippen LogP contribution in [0.1, 0.15) is 32.3 Å². The lowest BCUT2D eigenvalue weighted by atomic mass is 9.99. The molecule has 1 aliphatic heterocycles. The standard InChI is InChI=1S/C17H18F3N3O3/c1-11(2)7-13-8-16(25,17(18,19)20)23(22-13)15(24)10-26-14-5-3-12(9-21)4-6-14/h3-6,11,25H,7-8,10H2,1-2H3. The molecule has 0 aromatic heterocycles. The number of halogens is 3. The Morgan fingerprint density at radius 2 is 2.04 bits per heavy atom. The average Bonchev–Trinajstić information content (AvgIpc) is 2.90. The first-order valence-electron chi connectivity index (χ1n) is 7.88. The summed E-state index contributed by atoms with van der Waals surface area (Å²) in [6, 6.07) is 7.63. The Morgan fingerprint density at radius 3 is 2.54 bits per heavy atom. The van der Waals surface area contributed by atoms with Crippen LogP contribution in [0.2, 0.25) is 0 Å². The van der Waals surface area contributed by atoms with Crippen molar-refractivity contribution in [1.29, 1.82) is 5.26 Å². The Balaban J connectivity index is 2.14. The molecule has 0 radical (unpaired) electrons. The zero-order valence-electron chi connectivity index (χ0n) is 14.2. The number of nitrogens with zero attached hydrogens (tertiary/aromatic N) is 3. The minimum atomic E-state index is -5.06. The third-order valence-corrected chi connectivity index (χ3v) is 3.72. The van der Waals surface area contributed by atoms with Gasteiger partial charge in [0, 0.05) is 12.1 Å². The molecule has 1 amide bonds. The number of hydrogen-bond acceptors (Lipinski definition) is 5. The molecule has 1 unspecified atom stereocenters. The highest BCUT2D eigenvalue weighted by molar-refractivity contribution is 5.91.